The van der Waals surface area contributed by atoms with Gasteiger partial charge < -0.3 is 15.0 Å². The van der Waals surface area contributed by atoms with Crippen molar-refractivity contribution in [2.24, 2.45) is 44.8 Å². The first-order valence-electron chi connectivity index (χ1n) is 12.1. The van der Waals surface area contributed by atoms with Crippen LogP contribution in [-0.4, -0.2) is 49.7 Å². The molecule has 0 amide bonds. The van der Waals surface area contributed by atoms with E-state index in [1.807, 2.05) is 6.92 Å². The van der Waals surface area contributed by atoms with Crippen molar-refractivity contribution in [2.75, 3.05) is 20.2 Å². The Hall–Kier alpha value is -1.50. The molecule has 0 aromatic heterocycles. The minimum Gasteiger partial charge on any atom is -0.399 e. The molecule has 0 aromatic rings. The molecular weight excluding hydrogens is 397 g/mol. The summed E-state index contributed by atoms with van der Waals surface area (Å²) >= 11 is 0. The highest BCUT2D eigenvalue weighted by molar-refractivity contribution is 5.96. The SMILES string of the molecule is CON=C1CC2C(C(F)C[C@]3(C)C(=O)CCC23)[C@@]2(C)CCC(=NOC3CCNC3)CC12. The number of oxime groups is 2. The maximum absolute atomic E-state index is 15.9. The lowest BCUT2D eigenvalue weighted by Crippen LogP contribution is -2.60. The zero-order chi connectivity index (χ0) is 21.8. The molecule has 0 aromatic carbocycles. The van der Waals surface area contributed by atoms with Crippen LogP contribution in [0.15, 0.2) is 10.3 Å². The molecule has 5 aliphatic rings. The molecule has 8 atom stereocenters. The highest BCUT2D eigenvalue weighted by Gasteiger charge is 2.65. The lowest BCUT2D eigenvalue weighted by atomic mass is 9.44. The van der Waals surface area contributed by atoms with E-state index < -0.39 is 11.6 Å². The number of nitrogens with one attached hydrogen (secondary N) is 1. The lowest BCUT2D eigenvalue weighted by molar-refractivity contribution is -0.141. The minimum absolute atomic E-state index is 0.0289. The predicted molar refractivity (Wildman–Crippen MR) is 117 cm³/mol. The Balaban J connectivity index is 1.44. The van der Waals surface area contributed by atoms with Gasteiger partial charge >= 0.3 is 0 Å². The number of alkyl halides is 1. The normalized spacial score (nSPS) is 49.6. The predicted octanol–water partition coefficient (Wildman–Crippen LogP) is 3.89. The first-order valence-corrected chi connectivity index (χ1v) is 12.1. The van der Waals surface area contributed by atoms with Gasteiger partial charge in [-0.15, -0.1) is 0 Å². The third-order valence-electron chi connectivity index (χ3n) is 9.48. The van der Waals surface area contributed by atoms with Crippen molar-refractivity contribution >= 4 is 17.2 Å². The van der Waals surface area contributed by atoms with Crippen molar-refractivity contribution < 1.29 is 18.9 Å². The summed E-state index contributed by atoms with van der Waals surface area (Å²) in [6.45, 7) is 6.09. The van der Waals surface area contributed by atoms with Crippen LogP contribution in [0.4, 0.5) is 4.39 Å². The highest BCUT2D eigenvalue weighted by Crippen LogP contribution is 2.65. The number of Topliss-reactive ketones (excluding diaryl/α,β-unsaturated/α-hetero) is 1. The van der Waals surface area contributed by atoms with Crippen LogP contribution in [0.5, 0.6) is 0 Å². The van der Waals surface area contributed by atoms with E-state index in [2.05, 4.69) is 22.6 Å². The summed E-state index contributed by atoms with van der Waals surface area (Å²) in [7, 11) is 1.59. The summed E-state index contributed by atoms with van der Waals surface area (Å²) in [5, 5.41) is 12.3. The minimum atomic E-state index is -0.941. The average molecular weight is 434 g/mol. The van der Waals surface area contributed by atoms with E-state index >= 15 is 4.39 Å². The van der Waals surface area contributed by atoms with Gasteiger partial charge in [-0.1, -0.05) is 24.2 Å². The van der Waals surface area contributed by atoms with Crippen molar-refractivity contribution in [3.8, 4) is 0 Å². The van der Waals surface area contributed by atoms with Crippen molar-refractivity contribution in [3.63, 3.8) is 0 Å². The number of carbonyl (C=O) groups is 1. The van der Waals surface area contributed by atoms with Crippen molar-refractivity contribution in [2.45, 2.75) is 77.5 Å². The van der Waals surface area contributed by atoms with E-state index in [0.717, 1.165) is 63.0 Å². The summed E-state index contributed by atoms with van der Waals surface area (Å²) in [5.74, 6) is 0.762. The van der Waals surface area contributed by atoms with E-state index in [9.17, 15) is 4.79 Å². The summed E-state index contributed by atoms with van der Waals surface area (Å²) in [6, 6.07) is 0. The van der Waals surface area contributed by atoms with Crippen LogP contribution in [0.3, 0.4) is 0 Å². The fourth-order valence-corrected chi connectivity index (χ4v) is 7.88. The maximum Gasteiger partial charge on any atom is 0.141 e. The molecule has 4 saturated carbocycles. The molecule has 6 nitrogen and oxygen atoms in total. The van der Waals surface area contributed by atoms with Crippen molar-refractivity contribution in [3.05, 3.63) is 0 Å². The molecule has 5 rings (SSSR count). The summed E-state index contributed by atoms with van der Waals surface area (Å²) in [6.07, 6.45) is 5.27. The largest absolute Gasteiger partial charge is 0.399 e. The standard InChI is InChI=1S/C24H36FN3O3/c1-23-8-6-14(27-31-15-7-9-26-13-15)10-18(23)20(28-30-3)11-16-17-4-5-21(29)24(17,2)12-19(25)22(16)23/h15-19,22,26H,4-13H2,1-3H3/t15?,16?,17?,18?,19?,22?,23-,24-/m0/s1. The zero-order valence-corrected chi connectivity index (χ0v) is 19.0. The first kappa shape index (κ1) is 21.4. The zero-order valence-electron chi connectivity index (χ0n) is 19.0. The third kappa shape index (κ3) is 3.33. The van der Waals surface area contributed by atoms with Crippen LogP contribution in [0.1, 0.15) is 65.2 Å². The van der Waals surface area contributed by atoms with Gasteiger partial charge in [-0.3, -0.25) is 4.79 Å². The fraction of sp³-hybridized carbons (Fsp3) is 0.875. The average Bonchev–Trinajstić information content (AvgIpc) is 3.35. The van der Waals surface area contributed by atoms with E-state index in [1.54, 1.807) is 7.11 Å². The second kappa shape index (κ2) is 7.82. The molecule has 172 valence electrons. The summed E-state index contributed by atoms with van der Waals surface area (Å²) in [5.41, 5.74) is 1.38. The molecule has 7 heteroatoms. The van der Waals surface area contributed by atoms with Crippen LogP contribution in [-0.2, 0) is 14.5 Å². The molecule has 1 heterocycles. The molecule has 6 unspecified atom stereocenters. The Morgan fingerprint density at radius 2 is 2.00 bits per heavy atom. The summed E-state index contributed by atoms with van der Waals surface area (Å²) in [4.78, 5) is 23.8. The maximum atomic E-state index is 15.9. The van der Waals surface area contributed by atoms with Gasteiger partial charge in [-0.25, -0.2) is 4.39 Å². The van der Waals surface area contributed by atoms with Crippen molar-refractivity contribution in [1.82, 2.24) is 5.32 Å². The molecule has 5 fully saturated rings. The topological polar surface area (TPSA) is 72.3 Å². The Labute approximate surface area is 184 Å². The molecular formula is C24H36FN3O3. The third-order valence-corrected chi connectivity index (χ3v) is 9.48. The first-order chi connectivity index (χ1) is 14.9. The monoisotopic (exact) mass is 433 g/mol. The number of hydrogen-bond acceptors (Lipinski definition) is 6. The lowest BCUT2D eigenvalue weighted by Gasteiger charge is -2.60. The van der Waals surface area contributed by atoms with Crippen molar-refractivity contribution in [1.29, 1.82) is 0 Å². The van der Waals surface area contributed by atoms with E-state index in [4.69, 9.17) is 9.68 Å². The molecule has 0 spiro atoms. The molecule has 1 aliphatic heterocycles. The molecule has 1 N–H and O–H groups in total. The smallest absolute Gasteiger partial charge is 0.141 e. The number of halogens is 1. The Kier molecular flexibility index (Phi) is 5.39. The number of fused-ring (bicyclic) bond motifs is 5. The number of rotatable bonds is 3. The van der Waals surface area contributed by atoms with Gasteiger partial charge in [0.2, 0.25) is 0 Å². The summed E-state index contributed by atoms with van der Waals surface area (Å²) < 4.78 is 15.9. The van der Waals surface area contributed by atoms with Gasteiger partial charge in [0, 0.05) is 30.7 Å². The van der Waals surface area contributed by atoms with Crippen LogP contribution in [0.2, 0.25) is 0 Å². The van der Waals surface area contributed by atoms with E-state index in [1.165, 1.54) is 0 Å². The van der Waals surface area contributed by atoms with Crippen LogP contribution in [0, 0.1) is 34.5 Å². The Morgan fingerprint density at radius 1 is 1.16 bits per heavy atom. The second-order valence-corrected chi connectivity index (χ2v) is 11.0. The molecule has 0 bridgehead atoms. The number of ketones is 1. The molecule has 1 saturated heterocycles. The molecule has 4 aliphatic carbocycles. The molecule has 0 radical (unpaired) electrons. The van der Waals surface area contributed by atoms with Gasteiger partial charge in [-0.2, -0.15) is 0 Å². The van der Waals surface area contributed by atoms with Gasteiger partial charge in [-0.05, 0) is 68.2 Å². The quantitative estimate of drug-likeness (QED) is 0.686. The second-order valence-electron chi connectivity index (χ2n) is 11.0. The van der Waals surface area contributed by atoms with Gasteiger partial charge in [0.25, 0.3) is 0 Å². The van der Waals surface area contributed by atoms with Gasteiger partial charge in [0.1, 0.15) is 25.2 Å². The Bertz CT molecular complexity index is 795. The number of nitrogens with zero attached hydrogens (tertiary/aromatic N) is 2. The molecule has 31 heavy (non-hydrogen) atoms. The number of carbonyl (C=O) groups excluding carboxylic acids is 1. The number of hydrogen-bond donors (Lipinski definition) is 1. The van der Waals surface area contributed by atoms with Crippen LogP contribution in [0.25, 0.3) is 0 Å². The van der Waals surface area contributed by atoms with E-state index in [-0.39, 0.29) is 41.0 Å². The van der Waals surface area contributed by atoms with E-state index in [0.29, 0.717) is 12.8 Å². The fourth-order valence-electron chi connectivity index (χ4n) is 7.88. The Morgan fingerprint density at radius 3 is 2.74 bits per heavy atom. The van der Waals surface area contributed by atoms with Gasteiger partial charge in [0.05, 0.1) is 11.4 Å². The van der Waals surface area contributed by atoms with Crippen LogP contribution >= 0.6 is 0 Å². The van der Waals surface area contributed by atoms with Crippen LogP contribution < -0.4 is 5.32 Å². The highest BCUT2D eigenvalue weighted by atomic mass is 19.1. The van der Waals surface area contributed by atoms with Gasteiger partial charge in [0.15, 0.2) is 0 Å².